The van der Waals surface area contributed by atoms with Crippen LogP contribution in [0.25, 0.3) is 0 Å². The second kappa shape index (κ2) is 6.85. The van der Waals surface area contributed by atoms with Gasteiger partial charge in [-0.25, -0.2) is 4.39 Å². The molecule has 0 fully saturated rings. The highest BCUT2D eigenvalue weighted by Gasteiger charge is 2.28. The first-order valence-electron chi connectivity index (χ1n) is 6.42. The summed E-state index contributed by atoms with van der Waals surface area (Å²) < 4.78 is 14.1. The number of nitrogens with zero attached hydrogens (tertiary/aromatic N) is 3. The van der Waals surface area contributed by atoms with Gasteiger partial charge in [0.2, 0.25) is 0 Å². The maximum atomic E-state index is 12.5. The fourth-order valence-corrected chi connectivity index (χ4v) is 2.23. The molecule has 0 aliphatic carbocycles. The summed E-state index contributed by atoms with van der Waals surface area (Å²) >= 11 is 0. The molecule has 0 saturated carbocycles. The van der Waals surface area contributed by atoms with Gasteiger partial charge in [-0.3, -0.25) is 9.48 Å². The Hall–Kier alpha value is -1.40. The molecule has 1 aliphatic heterocycles. The molecule has 2 N–H and O–H groups in total. The predicted octanol–water partition coefficient (Wildman–Crippen LogP) is 1.52. The van der Waals surface area contributed by atoms with Gasteiger partial charge in [0, 0.05) is 31.7 Å². The lowest BCUT2D eigenvalue weighted by molar-refractivity contribution is 0.0688. The molecule has 1 aliphatic rings. The van der Waals surface area contributed by atoms with Crippen molar-refractivity contribution in [2.45, 2.75) is 32.9 Å². The van der Waals surface area contributed by atoms with E-state index in [2.05, 4.69) is 5.10 Å². The highest BCUT2D eigenvalue weighted by molar-refractivity contribution is 5.96. The van der Waals surface area contributed by atoms with Crippen LogP contribution in [0.15, 0.2) is 18.1 Å². The summed E-state index contributed by atoms with van der Waals surface area (Å²) in [7, 11) is 0. The van der Waals surface area contributed by atoms with Gasteiger partial charge >= 0.3 is 0 Å². The number of aromatic nitrogens is 2. The topological polar surface area (TPSA) is 64.2 Å². The van der Waals surface area contributed by atoms with Gasteiger partial charge in [0.15, 0.2) is 0 Å². The zero-order valence-electron chi connectivity index (χ0n) is 11.7. The molecule has 1 aromatic rings. The third kappa shape index (κ3) is 3.19. The van der Waals surface area contributed by atoms with Crippen LogP contribution in [-0.4, -0.2) is 39.7 Å². The van der Waals surface area contributed by atoms with E-state index in [1.54, 1.807) is 10.9 Å². The molecule has 20 heavy (non-hydrogen) atoms. The molecule has 112 valence electrons. The first-order chi connectivity index (χ1) is 9.06. The van der Waals surface area contributed by atoms with E-state index < -0.39 is 0 Å². The summed E-state index contributed by atoms with van der Waals surface area (Å²) in [5.74, 6) is 0.000950. The molecule has 1 amide bonds. The summed E-state index contributed by atoms with van der Waals surface area (Å²) in [5, 5.41) is 4.34. The van der Waals surface area contributed by atoms with Crippen molar-refractivity contribution < 1.29 is 9.18 Å². The van der Waals surface area contributed by atoms with Gasteiger partial charge in [0.05, 0.1) is 24.1 Å². The number of nitrogens with two attached hydrogens (primary N) is 1. The molecular formula is C13H20ClFN4O. The van der Waals surface area contributed by atoms with Crippen molar-refractivity contribution in [3.63, 3.8) is 0 Å². The normalized spacial score (nSPS) is 15.3. The minimum atomic E-state index is 0. The van der Waals surface area contributed by atoms with Crippen LogP contribution in [-0.2, 0) is 13.0 Å². The van der Waals surface area contributed by atoms with Crippen LogP contribution in [0, 0.1) is 0 Å². The molecule has 0 spiro atoms. The van der Waals surface area contributed by atoms with E-state index in [-0.39, 0.29) is 37.4 Å². The van der Waals surface area contributed by atoms with Crippen LogP contribution in [0.4, 0.5) is 4.39 Å². The van der Waals surface area contributed by atoms with E-state index in [0.29, 0.717) is 24.0 Å². The molecule has 0 bridgehead atoms. The summed E-state index contributed by atoms with van der Waals surface area (Å²) in [6.45, 7) is 5.10. The largest absolute Gasteiger partial charge is 0.336 e. The summed E-state index contributed by atoms with van der Waals surface area (Å²) in [4.78, 5) is 14.1. The smallest absolute Gasteiger partial charge is 0.257 e. The monoisotopic (exact) mass is 302 g/mol. The lowest BCUT2D eigenvalue weighted by Crippen LogP contribution is -2.41. The van der Waals surface area contributed by atoms with Crippen LogP contribution < -0.4 is 5.73 Å². The lowest BCUT2D eigenvalue weighted by atomic mass is 10.1. The number of carbonyl (C=O) groups excluding carboxylic acids is 1. The SMILES string of the molecule is CC(C)N1CCc2nn(CC(=CF)CN)cc2C1=O.Cl. The van der Waals surface area contributed by atoms with E-state index in [1.807, 2.05) is 18.7 Å². The molecule has 0 unspecified atom stereocenters. The van der Waals surface area contributed by atoms with Crippen molar-refractivity contribution in [1.82, 2.24) is 14.7 Å². The highest BCUT2D eigenvalue weighted by Crippen LogP contribution is 2.19. The average Bonchev–Trinajstić information content (AvgIpc) is 2.79. The molecule has 2 heterocycles. The first-order valence-corrected chi connectivity index (χ1v) is 6.42. The fourth-order valence-electron chi connectivity index (χ4n) is 2.23. The van der Waals surface area contributed by atoms with Gasteiger partial charge < -0.3 is 10.6 Å². The van der Waals surface area contributed by atoms with Gasteiger partial charge in [-0.15, -0.1) is 12.4 Å². The summed E-state index contributed by atoms with van der Waals surface area (Å²) in [6, 6.07) is 0.175. The number of amides is 1. The van der Waals surface area contributed by atoms with Crippen LogP contribution in [0.3, 0.4) is 0 Å². The van der Waals surface area contributed by atoms with Crippen LogP contribution in [0.1, 0.15) is 29.9 Å². The van der Waals surface area contributed by atoms with Crippen LogP contribution in [0.2, 0.25) is 0 Å². The van der Waals surface area contributed by atoms with Gasteiger partial charge in [-0.1, -0.05) is 0 Å². The Morgan fingerprint density at radius 1 is 1.60 bits per heavy atom. The third-order valence-corrected chi connectivity index (χ3v) is 3.32. The van der Waals surface area contributed by atoms with Crippen molar-refractivity contribution in [3.05, 3.63) is 29.4 Å². The maximum absolute atomic E-state index is 12.5. The lowest BCUT2D eigenvalue weighted by Gasteiger charge is -2.29. The Labute approximate surface area is 124 Å². The van der Waals surface area contributed by atoms with Gasteiger partial charge in [-0.05, 0) is 19.4 Å². The van der Waals surface area contributed by atoms with E-state index in [4.69, 9.17) is 5.73 Å². The van der Waals surface area contributed by atoms with Crippen molar-refractivity contribution in [1.29, 1.82) is 0 Å². The highest BCUT2D eigenvalue weighted by atomic mass is 35.5. The van der Waals surface area contributed by atoms with E-state index >= 15 is 0 Å². The molecule has 0 radical (unpaired) electrons. The number of halogens is 2. The van der Waals surface area contributed by atoms with E-state index in [9.17, 15) is 9.18 Å². The maximum Gasteiger partial charge on any atom is 0.257 e. The van der Waals surface area contributed by atoms with Crippen LogP contribution in [0.5, 0.6) is 0 Å². The number of hydrogen-bond acceptors (Lipinski definition) is 3. The number of carbonyl (C=O) groups is 1. The van der Waals surface area contributed by atoms with Gasteiger partial charge in [0.25, 0.3) is 5.91 Å². The Balaban J connectivity index is 0.00000200. The van der Waals surface area contributed by atoms with Crippen molar-refractivity contribution in [3.8, 4) is 0 Å². The Morgan fingerprint density at radius 3 is 2.85 bits per heavy atom. The van der Waals surface area contributed by atoms with Crippen molar-refractivity contribution in [2.24, 2.45) is 5.73 Å². The Morgan fingerprint density at radius 2 is 2.30 bits per heavy atom. The van der Waals surface area contributed by atoms with Crippen molar-refractivity contribution in [2.75, 3.05) is 13.1 Å². The minimum absolute atomic E-state index is 0. The molecule has 0 atom stereocenters. The van der Waals surface area contributed by atoms with E-state index in [1.165, 1.54) is 0 Å². The van der Waals surface area contributed by atoms with Crippen LogP contribution >= 0.6 is 12.4 Å². The molecule has 1 aromatic heterocycles. The van der Waals surface area contributed by atoms with Gasteiger partial charge in [-0.2, -0.15) is 5.10 Å². The molecular weight excluding hydrogens is 283 g/mol. The van der Waals surface area contributed by atoms with E-state index in [0.717, 1.165) is 12.1 Å². The number of rotatable bonds is 4. The Bertz CT molecular complexity index is 512. The second-order valence-electron chi connectivity index (χ2n) is 5.00. The number of fused-ring (bicyclic) bond motifs is 1. The summed E-state index contributed by atoms with van der Waals surface area (Å²) in [6.07, 6.45) is 2.93. The number of hydrogen-bond donors (Lipinski definition) is 1. The molecule has 5 nitrogen and oxygen atoms in total. The molecule has 0 saturated heterocycles. The minimum Gasteiger partial charge on any atom is -0.336 e. The van der Waals surface area contributed by atoms with Crippen molar-refractivity contribution >= 4 is 18.3 Å². The molecule has 0 aromatic carbocycles. The predicted molar refractivity (Wildman–Crippen MR) is 77.6 cm³/mol. The molecule has 2 rings (SSSR count). The average molecular weight is 303 g/mol. The fraction of sp³-hybridized carbons (Fsp3) is 0.538. The standard InChI is InChI=1S/C13H19FN4O.ClH/c1-9(2)18-4-3-12-11(13(18)19)8-17(16-12)7-10(5-14)6-15;/h5,8-9H,3-4,6-7,15H2,1-2H3;1H. The zero-order valence-corrected chi connectivity index (χ0v) is 12.5. The quantitative estimate of drug-likeness (QED) is 0.917. The van der Waals surface area contributed by atoms with Gasteiger partial charge in [0.1, 0.15) is 0 Å². The zero-order chi connectivity index (χ0) is 14.0. The third-order valence-electron chi connectivity index (χ3n) is 3.32. The first kappa shape index (κ1) is 16.7. The second-order valence-corrected chi connectivity index (χ2v) is 5.00. The summed E-state index contributed by atoms with van der Waals surface area (Å²) in [5.41, 5.74) is 7.28. The molecule has 7 heteroatoms. The Kier molecular flexibility index (Phi) is 5.71.